The van der Waals surface area contributed by atoms with Gasteiger partial charge in [0.2, 0.25) is 5.91 Å². The SMILES string of the molecule is CN(CCCO)C(=O)C1CC(c2c(-c3ccc(F)cc3)[nH]c3c(F)cc(F)cc23)C1. The van der Waals surface area contributed by atoms with Crippen LogP contribution < -0.4 is 0 Å². The Hall–Kier alpha value is -2.80. The summed E-state index contributed by atoms with van der Waals surface area (Å²) < 4.78 is 41.8. The Balaban J connectivity index is 1.67. The van der Waals surface area contributed by atoms with Crippen molar-refractivity contribution in [2.45, 2.75) is 25.2 Å². The lowest BCUT2D eigenvalue weighted by Gasteiger charge is -2.37. The van der Waals surface area contributed by atoms with Gasteiger partial charge in [-0.25, -0.2) is 13.2 Å². The van der Waals surface area contributed by atoms with Crippen LogP contribution in [0, 0.1) is 23.4 Å². The Morgan fingerprint density at radius 1 is 1.13 bits per heavy atom. The number of hydrogen-bond acceptors (Lipinski definition) is 2. The summed E-state index contributed by atoms with van der Waals surface area (Å²) in [6.45, 7) is 0.513. The van der Waals surface area contributed by atoms with Gasteiger partial charge in [-0.15, -0.1) is 0 Å². The fourth-order valence-corrected chi connectivity index (χ4v) is 4.29. The Kier molecular flexibility index (Phi) is 5.56. The highest BCUT2D eigenvalue weighted by molar-refractivity contribution is 5.92. The molecule has 0 unspecified atom stereocenters. The summed E-state index contributed by atoms with van der Waals surface area (Å²) in [6, 6.07) is 7.99. The number of nitrogens with one attached hydrogen (secondary N) is 1. The third-order valence-electron chi connectivity index (χ3n) is 5.92. The van der Waals surface area contributed by atoms with Crippen LogP contribution in [-0.2, 0) is 4.79 Å². The fourth-order valence-electron chi connectivity index (χ4n) is 4.29. The molecule has 3 aromatic rings. The van der Waals surface area contributed by atoms with Crippen LogP contribution in [-0.4, -0.2) is 41.1 Å². The summed E-state index contributed by atoms with van der Waals surface area (Å²) in [4.78, 5) is 17.3. The van der Waals surface area contributed by atoms with Gasteiger partial charge in [-0.05, 0) is 66.6 Å². The van der Waals surface area contributed by atoms with E-state index in [0.29, 0.717) is 42.5 Å². The minimum absolute atomic E-state index is 0.0141. The van der Waals surface area contributed by atoms with E-state index in [1.165, 1.54) is 18.2 Å². The minimum Gasteiger partial charge on any atom is -0.396 e. The Morgan fingerprint density at radius 2 is 1.83 bits per heavy atom. The highest BCUT2D eigenvalue weighted by atomic mass is 19.1. The normalized spacial score (nSPS) is 18.4. The molecule has 1 aliphatic rings. The Morgan fingerprint density at radius 3 is 2.50 bits per heavy atom. The maximum atomic E-state index is 14.4. The number of aromatic nitrogens is 1. The summed E-state index contributed by atoms with van der Waals surface area (Å²) in [5.41, 5.74) is 2.27. The number of amides is 1. The Bertz CT molecular complexity index is 1070. The number of benzene rings is 2. The van der Waals surface area contributed by atoms with Gasteiger partial charge in [-0.3, -0.25) is 4.79 Å². The molecular formula is C23H23F3N2O2. The van der Waals surface area contributed by atoms with Crippen LogP contribution in [0.1, 0.15) is 30.7 Å². The van der Waals surface area contributed by atoms with E-state index in [1.54, 1.807) is 24.1 Å². The zero-order chi connectivity index (χ0) is 21.4. The fraction of sp³-hybridized carbons (Fsp3) is 0.348. The van der Waals surface area contributed by atoms with Gasteiger partial charge in [-0.2, -0.15) is 0 Å². The largest absolute Gasteiger partial charge is 0.396 e. The summed E-state index contributed by atoms with van der Waals surface area (Å²) >= 11 is 0. The second-order valence-electron chi connectivity index (χ2n) is 7.93. The molecule has 0 spiro atoms. The number of nitrogens with zero attached hydrogens (tertiary/aromatic N) is 1. The van der Waals surface area contributed by atoms with Gasteiger partial charge in [-0.1, -0.05) is 0 Å². The van der Waals surface area contributed by atoms with Gasteiger partial charge in [0, 0.05) is 37.6 Å². The summed E-state index contributed by atoms with van der Waals surface area (Å²) in [6.07, 6.45) is 1.66. The maximum absolute atomic E-state index is 14.4. The average molecular weight is 416 g/mol. The summed E-state index contributed by atoms with van der Waals surface area (Å²) in [5.74, 6) is -1.92. The molecule has 1 aromatic heterocycles. The minimum atomic E-state index is -0.685. The van der Waals surface area contributed by atoms with Crippen LogP contribution in [0.25, 0.3) is 22.2 Å². The maximum Gasteiger partial charge on any atom is 0.225 e. The highest BCUT2D eigenvalue weighted by Crippen LogP contribution is 2.48. The van der Waals surface area contributed by atoms with Crippen molar-refractivity contribution >= 4 is 16.8 Å². The molecule has 1 amide bonds. The van der Waals surface area contributed by atoms with E-state index in [1.807, 2.05) is 0 Å². The number of fused-ring (bicyclic) bond motifs is 1. The topological polar surface area (TPSA) is 56.3 Å². The molecule has 0 bridgehead atoms. The molecule has 0 saturated heterocycles. The molecule has 158 valence electrons. The second-order valence-corrected chi connectivity index (χ2v) is 7.93. The van der Waals surface area contributed by atoms with Gasteiger partial charge >= 0.3 is 0 Å². The zero-order valence-corrected chi connectivity index (χ0v) is 16.6. The van der Waals surface area contributed by atoms with E-state index in [4.69, 9.17) is 5.11 Å². The third-order valence-corrected chi connectivity index (χ3v) is 5.92. The van der Waals surface area contributed by atoms with Crippen molar-refractivity contribution in [1.29, 1.82) is 0 Å². The molecule has 1 saturated carbocycles. The van der Waals surface area contributed by atoms with E-state index in [0.717, 1.165) is 11.6 Å². The van der Waals surface area contributed by atoms with Crippen LogP contribution in [0.2, 0.25) is 0 Å². The van der Waals surface area contributed by atoms with E-state index in [2.05, 4.69) is 4.98 Å². The van der Waals surface area contributed by atoms with Gasteiger partial charge in [0.25, 0.3) is 0 Å². The van der Waals surface area contributed by atoms with Crippen LogP contribution in [0.3, 0.4) is 0 Å². The first-order chi connectivity index (χ1) is 14.4. The van der Waals surface area contributed by atoms with Gasteiger partial charge in [0.05, 0.1) is 11.2 Å². The van der Waals surface area contributed by atoms with Crippen molar-refractivity contribution in [2.75, 3.05) is 20.2 Å². The number of rotatable bonds is 6. The molecule has 2 N–H and O–H groups in total. The lowest BCUT2D eigenvalue weighted by Crippen LogP contribution is -2.39. The molecule has 0 radical (unpaired) electrons. The monoisotopic (exact) mass is 416 g/mol. The lowest BCUT2D eigenvalue weighted by molar-refractivity contribution is -0.137. The molecule has 1 heterocycles. The number of carbonyl (C=O) groups is 1. The lowest BCUT2D eigenvalue weighted by atomic mass is 9.69. The van der Waals surface area contributed by atoms with Gasteiger partial charge < -0.3 is 15.0 Å². The molecule has 4 rings (SSSR count). The van der Waals surface area contributed by atoms with Crippen molar-refractivity contribution in [3.05, 3.63) is 59.4 Å². The molecule has 0 atom stereocenters. The molecule has 1 aliphatic carbocycles. The molecule has 0 aliphatic heterocycles. The van der Waals surface area contributed by atoms with Crippen LogP contribution in [0.4, 0.5) is 13.2 Å². The predicted molar refractivity (Wildman–Crippen MR) is 108 cm³/mol. The van der Waals surface area contributed by atoms with Crippen molar-refractivity contribution < 1.29 is 23.1 Å². The van der Waals surface area contributed by atoms with Crippen molar-refractivity contribution in [3.63, 3.8) is 0 Å². The van der Waals surface area contributed by atoms with Gasteiger partial charge in [0.15, 0.2) is 0 Å². The van der Waals surface area contributed by atoms with Crippen molar-refractivity contribution in [3.8, 4) is 11.3 Å². The van der Waals surface area contributed by atoms with E-state index in [9.17, 15) is 18.0 Å². The summed E-state index contributed by atoms with van der Waals surface area (Å²) in [7, 11) is 1.71. The second kappa shape index (κ2) is 8.14. The van der Waals surface area contributed by atoms with Crippen LogP contribution in [0.5, 0.6) is 0 Å². The molecule has 4 nitrogen and oxygen atoms in total. The van der Waals surface area contributed by atoms with E-state index >= 15 is 0 Å². The first kappa shape index (κ1) is 20.5. The number of aliphatic hydroxyl groups is 1. The van der Waals surface area contributed by atoms with Crippen LogP contribution >= 0.6 is 0 Å². The number of H-pyrrole nitrogens is 1. The highest BCUT2D eigenvalue weighted by Gasteiger charge is 2.39. The standard InChI is InChI=1S/C23H23F3N2O2/c1-28(7-2-8-29)23(30)15-9-14(10-15)20-18-11-17(25)12-19(26)22(18)27-21(20)13-3-5-16(24)6-4-13/h3-6,11-12,14-15,27,29H,2,7-10H2,1H3. The molecule has 1 fully saturated rings. The smallest absolute Gasteiger partial charge is 0.225 e. The van der Waals surface area contributed by atoms with Crippen molar-refractivity contribution in [2.24, 2.45) is 5.92 Å². The summed E-state index contributed by atoms with van der Waals surface area (Å²) in [5, 5.41) is 9.40. The number of aliphatic hydroxyl groups excluding tert-OH is 1. The molecule has 7 heteroatoms. The third kappa shape index (κ3) is 3.69. The number of carbonyl (C=O) groups excluding carboxylic acids is 1. The molecule has 30 heavy (non-hydrogen) atoms. The molecular weight excluding hydrogens is 393 g/mol. The molecule has 2 aromatic carbocycles. The first-order valence-corrected chi connectivity index (χ1v) is 10.0. The zero-order valence-electron chi connectivity index (χ0n) is 16.6. The first-order valence-electron chi connectivity index (χ1n) is 10.0. The predicted octanol–water partition coefficient (Wildman–Crippen LogP) is 4.59. The average Bonchev–Trinajstić information content (AvgIpc) is 3.05. The van der Waals surface area contributed by atoms with Crippen LogP contribution in [0.15, 0.2) is 36.4 Å². The van der Waals surface area contributed by atoms with E-state index in [-0.39, 0.29) is 35.7 Å². The quantitative estimate of drug-likeness (QED) is 0.618. The van der Waals surface area contributed by atoms with E-state index < -0.39 is 11.6 Å². The number of hydrogen-bond donors (Lipinski definition) is 2. The number of halogens is 3. The van der Waals surface area contributed by atoms with Gasteiger partial charge in [0.1, 0.15) is 17.5 Å². The van der Waals surface area contributed by atoms with Crippen molar-refractivity contribution in [1.82, 2.24) is 9.88 Å². The number of aromatic amines is 1. The Labute approximate surface area is 172 Å².